The van der Waals surface area contributed by atoms with Crippen LogP contribution in [0.3, 0.4) is 0 Å². The summed E-state index contributed by atoms with van der Waals surface area (Å²) in [4.78, 5) is 15.9. The molecule has 0 unspecified atom stereocenters. The smallest absolute Gasteiger partial charge is 0.254 e. The molecule has 7 heteroatoms. The second-order valence-electron chi connectivity index (χ2n) is 4.09. The zero-order valence-corrected chi connectivity index (χ0v) is 10.5. The van der Waals surface area contributed by atoms with Gasteiger partial charge >= 0.3 is 0 Å². The number of carbonyl (C=O) groups excluding carboxylic acids is 1. The number of aryl methyl sites for hydroxylation is 3. The zero-order valence-electron chi connectivity index (χ0n) is 10.5. The fourth-order valence-electron chi connectivity index (χ4n) is 1.73. The highest BCUT2D eigenvalue weighted by Gasteiger charge is 2.11. The molecule has 0 aliphatic heterocycles. The third-order valence-electron chi connectivity index (χ3n) is 2.60. The average molecular weight is 248 g/mol. The first-order valence-corrected chi connectivity index (χ1v) is 5.79. The Kier molecular flexibility index (Phi) is 3.71. The molecule has 0 aromatic carbocycles. The van der Waals surface area contributed by atoms with Gasteiger partial charge in [0.2, 0.25) is 0 Å². The van der Waals surface area contributed by atoms with Crippen molar-refractivity contribution in [3.63, 3.8) is 0 Å². The number of aromatic nitrogens is 5. The summed E-state index contributed by atoms with van der Waals surface area (Å²) in [6.45, 7) is 2.43. The Morgan fingerprint density at radius 1 is 1.56 bits per heavy atom. The fourth-order valence-corrected chi connectivity index (χ4v) is 1.73. The molecule has 96 valence electrons. The van der Waals surface area contributed by atoms with E-state index in [2.05, 4.69) is 25.6 Å². The van der Waals surface area contributed by atoms with Crippen LogP contribution in [0, 0.1) is 6.92 Å². The average Bonchev–Trinajstić information content (AvgIpc) is 2.94. The van der Waals surface area contributed by atoms with Crippen LogP contribution in [0.2, 0.25) is 0 Å². The van der Waals surface area contributed by atoms with E-state index in [9.17, 15) is 4.79 Å². The number of nitrogens with zero attached hydrogens (tertiary/aromatic N) is 4. The van der Waals surface area contributed by atoms with Crippen molar-refractivity contribution < 1.29 is 4.79 Å². The van der Waals surface area contributed by atoms with Crippen molar-refractivity contribution in [1.29, 1.82) is 0 Å². The van der Waals surface area contributed by atoms with Crippen molar-refractivity contribution in [3.8, 4) is 0 Å². The largest absolute Gasteiger partial charge is 0.352 e. The molecule has 7 nitrogen and oxygen atoms in total. The molecule has 2 heterocycles. The molecule has 0 bridgehead atoms. The van der Waals surface area contributed by atoms with Crippen LogP contribution in [0.5, 0.6) is 0 Å². The minimum atomic E-state index is -0.0850. The molecule has 2 N–H and O–H groups in total. The van der Waals surface area contributed by atoms with Crippen molar-refractivity contribution in [2.75, 3.05) is 6.54 Å². The quantitative estimate of drug-likeness (QED) is 0.740. The molecular weight excluding hydrogens is 232 g/mol. The van der Waals surface area contributed by atoms with E-state index in [0.29, 0.717) is 12.1 Å². The molecule has 0 radical (unpaired) electrons. The van der Waals surface area contributed by atoms with Crippen molar-refractivity contribution in [2.24, 2.45) is 7.05 Å². The van der Waals surface area contributed by atoms with Gasteiger partial charge in [-0.3, -0.25) is 14.6 Å². The van der Waals surface area contributed by atoms with Crippen molar-refractivity contribution in [1.82, 2.24) is 30.3 Å². The summed E-state index contributed by atoms with van der Waals surface area (Å²) in [5, 5.41) is 13.5. The molecule has 0 atom stereocenters. The minimum Gasteiger partial charge on any atom is -0.352 e. The zero-order chi connectivity index (χ0) is 13.0. The van der Waals surface area contributed by atoms with Gasteiger partial charge in [0.1, 0.15) is 12.2 Å². The van der Waals surface area contributed by atoms with Crippen molar-refractivity contribution in [2.45, 2.75) is 19.8 Å². The molecule has 0 aliphatic rings. The van der Waals surface area contributed by atoms with Crippen LogP contribution < -0.4 is 5.32 Å². The molecule has 0 saturated heterocycles. The second-order valence-corrected chi connectivity index (χ2v) is 4.09. The predicted molar refractivity (Wildman–Crippen MR) is 65.0 cm³/mol. The van der Waals surface area contributed by atoms with E-state index in [1.807, 2.05) is 6.92 Å². The lowest BCUT2D eigenvalue weighted by atomic mass is 10.2. The summed E-state index contributed by atoms with van der Waals surface area (Å²) in [7, 11) is 1.80. The third-order valence-corrected chi connectivity index (χ3v) is 2.60. The van der Waals surface area contributed by atoms with Crippen LogP contribution in [0.25, 0.3) is 0 Å². The first-order chi connectivity index (χ1) is 8.66. The van der Waals surface area contributed by atoms with Crippen LogP contribution in [-0.2, 0) is 13.5 Å². The molecule has 1 amide bonds. The number of hydrogen-bond acceptors (Lipinski definition) is 4. The number of amides is 1. The lowest BCUT2D eigenvalue weighted by Crippen LogP contribution is -2.25. The first-order valence-electron chi connectivity index (χ1n) is 5.79. The number of nitrogens with one attached hydrogen (secondary N) is 2. The van der Waals surface area contributed by atoms with Gasteiger partial charge in [-0.15, -0.1) is 0 Å². The molecule has 18 heavy (non-hydrogen) atoms. The van der Waals surface area contributed by atoms with E-state index in [1.165, 1.54) is 6.33 Å². The van der Waals surface area contributed by atoms with E-state index in [1.54, 1.807) is 17.9 Å². The Morgan fingerprint density at radius 2 is 2.39 bits per heavy atom. The summed E-state index contributed by atoms with van der Waals surface area (Å²) in [5.41, 5.74) is 1.36. The monoisotopic (exact) mass is 248 g/mol. The van der Waals surface area contributed by atoms with Gasteiger partial charge in [0, 0.05) is 26.2 Å². The molecule has 0 saturated carbocycles. The number of rotatable bonds is 5. The Balaban J connectivity index is 1.77. The highest BCUT2D eigenvalue weighted by molar-refractivity contribution is 5.94. The van der Waals surface area contributed by atoms with Gasteiger partial charge in [0.15, 0.2) is 0 Å². The highest BCUT2D eigenvalue weighted by Crippen LogP contribution is 2.04. The number of hydrogen-bond donors (Lipinski definition) is 2. The van der Waals surface area contributed by atoms with Gasteiger partial charge in [-0.1, -0.05) is 0 Å². The Labute approximate surface area is 105 Å². The van der Waals surface area contributed by atoms with Crippen molar-refractivity contribution in [3.05, 3.63) is 29.6 Å². The van der Waals surface area contributed by atoms with Gasteiger partial charge < -0.3 is 5.32 Å². The van der Waals surface area contributed by atoms with Crippen LogP contribution in [0.4, 0.5) is 0 Å². The second kappa shape index (κ2) is 5.44. The van der Waals surface area contributed by atoms with Crippen LogP contribution in [0.15, 0.2) is 12.5 Å². The predicted octanol–water partition coefficient (Wildman–Crippen LogP) is 0.209. The maximum atomic E-state index is 11.8. The molecule has 0 spiro atoms. The topological polar surface area (TPSA) is 88.5 Å². The van der Waals surface area contributed by atoms with Crippen LogP contribution >= 0.6 is 0 Å². The summed E-state index contributed by atoms with van der Waals surface area (Å²) in [6.07, 6.45) is 4.79. The number of aromatic amines is 1. The standard InChI is InChI=1S/C11H16N6O/c1-8-9(6-17(2)16-8)11(18)12-5-3-4-10-13-7-14-15-10/h6-7H,3-5H2,1-2H3,(H,12,18)(H,13,14,15). The maximum Gasteiger partial charge on any atom is 0.254 e. The van der Waals surface area contributed by atoms with E-state index in [4.69, 9.17) is 0 Å². The fraction of sp³-hybridized carbons (Fsp3) is 0.455. The highest BCUT2D eigenvalue weighted by atomic mass is 16.1. The number of H-pyrrole nitrogens is 1. The third kappa shape index (κ3) is 2.93. The first kappa shape index (κ1) is 12.3. The molecule has 2 rings (SSSR count). The maximum absolute atomic E-state index is 11.8. The van der Waals surface area contributed by atoms with E-state index >= 15 is 0 Å². The van der Waals surface area contributed by atoms with Gasteiger partial charge in [-0.05, 0) is 13.3 Å². The van der Waals surface area contributed by atoms with Gasteiger partial charge in [0.25, 0.3) is 5.91 Å². The van der Waals surface area contributed by atoms with E-state index < -0.39 is 0 Å². The summed E-state index contributed by atoms with van der Waals surface area (Å²) >= 11 is 0. The summed E-state index contributed by atoms with van der Waals surface area (Å²) in [5.74, 6) is 0.750. The normalized spacial score (nSPS) is 10.6. The summed E-state index contributed by atoms with van der Waals surface area (Å²) < 4.78 is 1.64. The Morgan fingerprint density at radius 3 is 3.00 bits per heavy atom. The van der Waals surface area contributed by atoms with Gasteiger partial charge in [0.05, 0.1) is 11.3 Å². The van der Waals surface area contributed by atoms with Crippen LogP contribution in [0.1, 0.15) is 28.3 Å². The molecule has 0 fully saturated rings. The summed E-state index contributed by atoms with van der Waals surface area (Å²) in [6, 6.07) is 0. The molecule has 2 aromatic rings. The Bertz CT molecular complexity index is 516. The molecule has 2 aromatic heterocycles. The number of carbonyl (C=O) groups is 1. The SMILES string of the molecule is Cc1nn(C)cc1C(=O)NCCCc1ncn[nH]1. The lowest BCUT2D eigenvalue weighted by molar-refractivity contribution is 0.0952. The molecular formula is C11H16N6O. The minimum absolute atomic E-state index is 0.0850. The molecule has 0 aliphatic carbocycles. The van der Waals surface area contributed by atoms with Crippen LogP contribution in [-0.4, -0.2) is 37.4 Å². The lowest BCUT2D eigenvalue weighted by Gasteiger charge is -2.02. The van der Waals surface area contributed by atoms with E-state index in [-0.39, 0.29) is 5.91 Å². The Hall–Kier alpha value is -2.18. The van der Waals surface area contributed by atoms with Gasteiger partial charge in [-0.25, -0.2) is 4.98 Å². The van der Waals surface area contributed by atoms with Crippen molar-refractivity contribution >= 4 is 5.91 Å². The van der Waals surface area contributed by atoms with Gasteiger partial charge in [-0.2, -0.15) is 10.2 Å². The van der Waals surface area contributed by atoms with E-state index in [0.717, 1.165) is 24.4 Å².